The van der Waals surface area contributed by atoms with E-state index in [1.54, 1.807) is 37.4 Å². The van der Waals surface area contributed by atoms with Crippen molar-refractivity contribution in [2.45, 2.75) is 27.0 Å². The van der Waals surface area contributed by atoms with Crippen LogP contribution in [0.4, 0.5) is 0 Å². The molecule has 30 heavy (non-hydrogen) atoms. The zero-order chi connectivity index (χ0) is 21.8. The number of hydrogen-bond acceptors (Lipinski definition) is 7. The molecule has 1 aliphatic heterocycles. The van der Waals surface area contributed by atoms with Gasteiger partial charge in [0.15, 0.2) is 11.5 Å². The fourth-order valence-corrected chi connectivity index (χ4v) is 3.29. The number of methoxy groups -OCH3 is 1. The molecule has 0 bridgehead atoms. The van der Waals surface area contributed by atoms with Gasteiger partial charge in [0, 0.05) is 23.9 Å². The number of rotatable bonds is 6. The summed E-state index contributed by atoms with van der Waals surface area (Å²) in [6.07, 6.45) is -0.842. The zero-order valence-corrected chi connectivity index (χ0v) is 18.6. The van der Waals surface area contributed by atoms with Crippen molar-refractivity contribution in [2.75, 3.05) is 13.7 Å². The summed E-state index contributed by atoms with van der Waals surface area (Å²) < 4.78 is 23.0. The van der Waals surface area contributed by atoms with Crippen LogP contribution in [0, 0.1) is 0 Å². The monoisotopic (exact) mass is 476 g/mol. The third kappa shape index (κ3) is 4.56. The Kier molecular flexibility index (Phi) is 6.61. The van der Waals surface area contributed by atoms with Gasteiger partial charge in [0.25, 0.3) is 0 Å². The number of hydrogen-bond donors (Lipinski definition) is 0. The first-order chi connectivity index (χ1) is 14.3. The van der Waals surface area contributed by atoms with Gasteiger partial charge in [-0.25, -0.2) is 0 Å². The second kappa shape index (κ2) is 9.17. The minimum Gasteiger partial charge on any atom is -0.496 e. The first-order valence-corrected chi connectivity index (χ1v) is 9.97. The molecule has 0 spiro atoms. The molecule has 0 unspecified atom stereocenters. The smallest absolute Gasteiger partial charge is 0.308 e. The highest BCUT2D eigenvalue weighted by atomic mass is 79.9. The Morgan fingerprint density at radius 1 is 1.13 bits per heavy atom. The minimum atomic E-state index is -0.842. The van der Waals surface area contributed by atoms with E-state index in [-0.39, 0.29) is 17.6 Å². The van der Waals surface area contributed by atoms with Gasteiger partial charge in [-0.1, -0.05) is 15.9 Å². The van der Waals surface area contributed by atoms with Crippen molar-refractivity contribution in [3.05, 3.63) is 52.0 Å². The highest BCUT2D eigenvalue weighted by molar-refractivity contribution is 9.10. The number of esters is 1. The first-order valence-electron chi connectivity index (χ1n) is 9.18. The second-order valence-corrected chi connectivity index (χ2v) is 7.23. The number of hydrazone groups is 1. The lowest BCUT2D eigenvalue weighted by Gasteiger charge is -2.20. The number of halogens is 1. The number of carbonyl (C=O) groups is 2. The molecule has 0 saturated carbocycles. The van der Waals surface area contributed by atoms with Gasteiger partial charge >= 0.3 is 5.97 Å². The maximum Gasteiger partial charge on any atom is 0.308 e. The van der Waals surface area contributed by atoms with Gasteiger partial charge in [-0.2, -0.15) is 5.01 Å². The van der Waals surface area contributed by atoms with Gasteiger partial charge in [-0.05, 0) is 43.3 Å². The Morgan fingerprint density at radius 2 is 1.87 bits per heavy atom. The van der Waals surface area contributed by atoms with Crippen LogP contribution in [-0.2, 0) is 14.3 Å². The molecule has 1 atom stereocenters. The van der Waals surface area contributed by atoms with E-state index in [2.05, 4.69) is 21.0 Å². The lowest BCUT2D eigenvalue weighted by molar-refractivity contribution is -0.135. The summed E-state index contributed by atoms with van der Waals surface area (Å²) in [4.78, 5) is 23.7. The number of benzene rings is 2. The molecule has 0 aromatic heterocycles. The van der Waals surface area contributed by atoms with Gasteiger partial charge in [-0.3, -0.25) is 9.59 Å². The van der Waals surface area contributed by atoms with Crippen LogP contribution in [-0.4, -0.2) is 36.5 Å². The van der Waals surface area contributed by atoms with Crippen LogP contribution < -0.4 is 14.2 Å². The average molecular weight is 477 g/mol. The third-order valence-electron chi connectivity index (χ3n) is 4.16. The fourth-order valence-electron chi connectivity index (χ4n) is 2.93. The van der Waals surface area contributed by atoms with Crippen molar-refractivity contribution in [2.24, 2.45) is 5.10 Å². The Labute approximate surface area is 182 Å². The van der Waals surface area contributed by atoms with Crippen molar-refractivity contribution >= 4 is 33.7 Å². The van der Waals surface area contributed by atoms with E-state index in [1.807, 2.05) is 13.0 Å². The molecule has 2 aromatic carbocycles. The highest BCUT2D eigenvalue weighted by Gasteiger charge is 2.35. The van der Waals surface area contributed by atoms with Crippen molar-refractivity contribution in [1.82, 2.24) is 5.01 Å². The number of amides is 1. The predicted molar refractivity (Wildman–Crippen MR) is 112 cm³/mol. The normalized spacial score (nSPS) is 15.3. The number of ether oxygens (including phenoxy) is 4. The average Bonchev–Trinajstić information content (AvgIpc) is 3.14. The summed E-state index contributed by atoms with van der Waals surface area (Å²) >= 11 is 3.42. The topological polar surface area (TPSA) is 86.7 Å². The molecule has 1 heterocycles. The molecule has 1 aliphatic rings. The largest absolute Gasteiger partial charge is 0.496 e. The molecule has 2 aromatic rings. The summed E-state index contributed by atoms with van der Waals surface area (Å²) in [5, 5.41) is 5.58. The van der Waals surface area contributed by atoms with Crippen LogP contribution in [0.5, 0.6) is 17.2 Å². The van der Waals surface area contributed by atoms with Crippen molar-refractivity contribution in [1.29, 1.82) is 0 Å². The molecule has 1 amide bonds. The molecule has 8 nitrogen and oxygen atoms in total. The van der Waals surface area contributed by atoms with Gasteiger partial charge < -0.3 is 18.9 Å². The third-order valence-corrected chi connectivity index (χ3v) is 4.66. The Hall–Kier alpha value is -3.07. The summed E-state index contributed by atoms with van der Waals surface area (Å²) in [7, 11) is 1.54. The highest BCUT2D eigenvalue weighted by Crippen LogP contribution is 2.37. The van der Waals surface area contributed by atoms with E-state index in [1.165, 1.54) is 18.9 Å². The fraction of sp³-hybridized carbons (Fsp3) is 0.286. The molecule has 0 fully saturated rings. The molecule has 0 saturated heterocycles. The first kappa shape index (κ1) is 21.6. The van der Waals surface area contributed by atoms with Crippen LogP contribution >= 0.6 is 15.9 Å². The number of carbonyl (C=O) groups excluding carboxylic acids is 2. The minimum absolute atomic E-state index is 0.233. The quantitative estimate of drug-likeness (QED) is 0.462. The predicted octanol–water partition coefficient (Wildman–Crippen LogP) is 4.02. The van der Waals surface area contributed by atoms with E-state index in [9.17, 15) is 9.59 Å². The molecule has 3 rings (SSSR count). The summed E-state index contributed by atoms with van der Waals surface area (Å²) in [5.41, 5.74) is 1.16. The van der Waals surface area contributed by atoms with Crippen molar-refractivity contribution in [3.8, 4) is 17.2 Å². The van der Waals surface area contributed by atoms with Crippen molar-refractivity contribution < 1.29 is 28.5 Å². The van der Waals surface area contributed by atoms with Crippen LogP contribution in [0.15, 0.2) is 46.0 Å². The molecule has 9 heteroatoms. The Balaban J connectivity index is 2.00. The van der Waals surface area contributed by atoms with Gasteiger partial charge in [0.2, 0.25) is 18.0 Å². The van der Waals surface area contributed by atoms with E-state index in [0.717, 1.165) is 4.47 Å². The molecular formula is C21H21BrN2O6. The van der Waals surface area contributed by atoms with E-state index >= 15 is 0 Å². The second-order valence-electron chi connectivity index (χ2n) is 6.32. The Morgan fingerprint density at radius 3 is 2.50 bits per heavy atom. The van der Waals surface area contributed by atoms with Gasteiger partial charge in [-0.15, -0.1) is 5.10 Å². The van der Waals surface area contributed by atoms with Crippen LogP contribution in [0.25, 0.3) is 0 Å². The van der Waals surface area contributed by atoms with Gasteiger partial charge in [0.1, 0.15) is 5.75 Å². The van der Waals surface area contributed by atoms with Crippen molar-refractivity contribution in [3.63, 3.8) is 0 Å². The lowest BCUT2D eigenvalue weighted by Crippen LogP contribution is -2.25. The molecule has 0 aliphatic carbocycles. The van der Waals surface area contributed by atoms with E-state index in [4.69, 9.17) is 18.9 Å². The van der Waals surface area contributed by atoms with Crippen LogP contribution in [0.1, 0.15) is 38.1 Å². The molecule has 0 N–H and O–H groups in total. The maximum absolute atomic E-state index is 12.2. The summed E-state index contributed by atoms with van der Waals surface area (Å²) in [6, 6.07) is 10.4. The number of nitrogens with zero attached hydrogens (tertiary/aromatic N) is 2. The summed E-state index contributed by atoms with van der Waals surface area (Å²) in [6.45, 7) is 4.93. The lowest BCUT2D eigenvalue weighted by atomic mass is 10.1. The maximum atomic E-state index is 12.2. The van der Waals surface area contributed by atoms with Gasteiger partial charge in [0.05, 0.1) is 19.3 Å². The standard InChI is InChI=1S/C21H21BrN2O6/c1-5-28-18-8-6-14(10-19(18)29-13(3)26)21-24(12(2)25)23-20(30-21)16-11-15(22)7-9-17(16)27-4/h6-11,21H,5H2,1-4H3/t21-/m1/s1. The zero-order valence-electron chi connectivity index (χ0n) is 17.0. The SMILES string of the molecule is CCOc1ccc([C@H]2OC(c3cc(Br)ccc3OC)=NN2C(C)=O)cc1OC(C)=O. The van der Waals surface area contributed by atoms with E-state index < -0.39 is 12.2 Å². The Bertz CT molecular complexity index is 1010. The van der Waals surface area contributed by atoms with E-state index in [0.29, 0.717) is 29.2 Å². The molecule has 158 valence electrons. The van der Waals surface area contributed by atoms with Crippen LogP contribution in [0.3, 0.4) is 0 Å². The van der Waals surface area contributed by atoms with Crippen LogP contribution in [0.2, 0.25) is 0 Å². The summed E-state index contributed by atoms with van der Waals surface area (Å²) in [5.74, 6) is 0.636. The molecular weight excluding hydrogens is 456 g/mol. The molecule has 0 radical (unpaired) electrons.